The Balaban J connectivity index is 1.91. The van der Waals surface area contributed by atoms with Gasteiger partial charge in [0.2, 0.25) is 0 Å². The molecule has 5 nitrogen and oxygen atoms in total. The Morgan fingerprint density at radius 1 is 0.800 bits per heavy atom. The first-order valence-electron chi connectivity index (χ1n) is 8.55. The Labute approximate surface area is 154 Å². The van der Waals surface area contributed by atoms with Gasteiger partial charge in [-0.3, -0.25) is 0 Å². The number of hydrogen-bond acceptors (Lipinski definition) is 6. The van der Waals surface area contributed by atoms with Crippen molar-refractivity contribution in [3.8, 4) is 6.07 Å². The Morgan fingerprint density at radius 2 is 1.20 bits per heavy atom. The summed E-state index contributed by atoms with van der Waals surface area (Å²) < 4.78 is 26.1. The van der Waals surface area contributed by atoms with Gasteiger partial charge in [0.15, 0.2) is 0 Å². The fourth-order valence-corrected chi connectivity index (χ4v) is 3.74. The van der Waals surface area contributed by atoms with Gasteiger partial charge in [-0.05, 0) is 61.5 Å². The fraction of sp³-hybridized carbons (Fsp3) is 0.706. The van der Waals surface area contributed by atoms with Crippen LogP contribution in [0.3, 0.4) is 0 Å². The first kappa shape index (κ1) is 18.9. The first-order chi connectivity index (χ1) is 11.3. The maximum atomic E-state index is 9.56. The molecule has 2 fully saturated rings. The van der Waals surface area contributed by atoms with Crippen LogP contribution in [0.25, 0.3) is 0 Å². The van der Waals surface area contributed by atoms with Crippen molar-refractivity contribution in [3.63, 3.8) is 0 Å². The fourth-order valence-electron chi connectivity index (χ4n) is 2.71. The molecule has 2 aliphatic heterocycles. The Bertz CT molecular complexity index is 703. The molecule has 0 aliphatic carbocycles. The van der Waals surface area contributed by atoms with Crippen LogP contribution in [0.4, 0.5) is 0 Å². The molecule has 0 spiro atoms. The molecule has 3 heterocycles. The lowest BCUT2D eigenvalue weighted by atomic mass is 9.83. The molecule has 1 aromatic rings. The largest absolute Gasteiger partial charge is 0.506 e. The van der Waals surface area contributed by atoms with Gasteiger partial charge in [0.1, 0.15) is 0 Å². The number of nitriles is 1. The highest BCUT2D eigenvalue weighted by molar-refractivity contribution is 7.30. The zero-order valence-corrected chi connectivity index (χ0v) is 17.0. The van der Waals surface area contributed by atoms with Gasteiger partial charge >= 0.3 is 14.2 Å². The maximum absolute atomic E-state index is 9.56. The molecule has 0 bridgehead atoms. The zero-order valence-electron chi connectivity index (χ0n) is 16.2. The smallest absolute Gasteiger partial charge is 0.399 e. The van der Waals surface area contributed by atoms with Gasteiger partial charge in [-0.2, -0.15) is 16.6 Å². The molecule has 0 aromatic carbocycles. The van der Waals surface area contributed by atoms with E-state index in [0.29, 0.717) is 5.56 Å². The molecule has 3 rings (SSSR count). The van der Waals surface area contributed by atoms with Crippen molar-refractivity contribution in [1.29, 1.82) is 5.26 Å². The molecule has 1 aromatic heterocycles. The second kappa shape index (κ2) is 5.58. The van der Waals surface area contributed by atoms with Crippen LogP contribution in [-0.2, 0) is 18.6 Å². The molecule has 0 N–H and O–H groups in total. The summed E-state index contributed by atoms with van der Waals surface area (Å²) in [7, 11) is -1.04. The van der Waals surface area contributed by atoms with Crippen LogP contribution in [0.5, 0.6) is 0 Å². The van der Waals surface area contributed by atoms with Gasteiger partial charge in [0.25, 0.3) is 0 Å². The van der Waals surface area contributed by atoms with Crippen LogP contribution >= 0.6 is 11.3 Å². The molecular formula is C17H25B2NO4S. The van der Waals surface area contributed by atoms with E-state index >= 15 is 0 Å². The van der Waals surface area contributed by atoms with Crippen molar-refractivity contribution >= 4 is 35.1 Å². The third-order valence-corrected chi connectivity index (χ3v) is 7.03. The lowest BCUT2D eigenvalue weighted by Crippen LogP contribution is -2.41. The van der Waals surface area contributed by atoms with Crippen LogP contribution < -0.4 is 9.55 Å². The molecule has 134 valence electrons. The molecule has 0 amide bonds. The molecule has 2 saturated heterocycles. The van der Waals surface area contributed by atoms with Crippen molar-refractivity contribution in [2.75, 3.05) is 0 Å². The van der Waals surface area contributed by atoms with Gasteiger partial charge in [-0.1, -0.05) is 0 Å². The number of hydrogen-bond donors (Lipinski definition) is 0. The Hall–Kier alpha value is -0.840. The van der Waals surface area contributed by atoms with Crippen molar-refractivity contribution < 1.29 is 18.6 Å². The van der Waals surface area contributed by atoms with E-state index in [4.69, 9.17) is 18.6 Å². The first-order valence-corrected chi connectivity index (χ1v) is 9.36. The quantitative estimate of drug-likeness (QED) is 0.756. The highest BCUT2D eigenvalue weighted by Crippen LogP contribution is 2.38. The molecule has 0 unspecified atom stereocenters. The Kier molecular flexibility index (Phi) is 4.22. The van der Waals surface area contributed by atoms with E-state index in [1.54, 1.807) is 0 Å². The number of nitrogens with zero attached hydrogens (tertiary/aromatic N) is 1. The summed E-state index contributed by atoms with van der Waals surface area (Å²) in [5, 5.41) is 9.56. The van der Waals surface area contributed by atoms with Gasteiger partial charge < -0.3 is 18.6 Å². The van der Waals surface area contributed by atoms with E-state index in [0.717, 1.165) is 9.55 Å². The predicted octanol–water partition coefficient (Wildman–Crippen LogP) is 2.22. The molecule has 0 radical (unpaired) electrons. The van der Waals surface area contributed by atoms with E-state index in [2.05, 4.69) is 6.07 Å². The Morgan fingerprint density at radius 3 is 1.60 bits per heavy atom. The van der Waals surface area contributed by atoms with Crippen LogP contribution in [0.1, 0.15) is 61.0 Å². The zero-order chi connectivity index (χ0) is 18.8. The third-order valence-electron chi connectivity index (χ3n) is 5.85. The number of thiophene rings is 1. The minimum atomic E-state index is -0.555. The molecular weight excluding hydrogens is 336 g/mol. The molecule has 8 heteroatoms. The topological polar surface area (TPSA) is 60.7 Å². The summed E-state index contributed by atoms with van der Waals surface area (Å²) in [5.41, 5.74) is -1.18. The summed E-state index contributed by atoms with van der Waals surface area (Å²) in [5.74, 6) is 0. The average molecular weight is 361 g/mol. The predicted molar refractivity (Wildman–Crippen MR) is 100 cm³/mol. The molecule has 0 saturated carbocycles. The summed E-state index contributed by atoms with van der Waals surface area (Å²) in [4.78, 5) is 0. The minimum Gasteiger partial charge on any atom is -0.399 e. The lowest BCUT2D eigenvalue weighted by Gasteiger charge is -2.32. The summed E-state index contributed by atoms with van der Waals surface area (Å²) in [6.45, 7) is 16.1. The molecule has 25 heavy (non-hydrogen) atoms. The summed E-state index contributed by atoms with van der Waals surface area (Å²) in [6.07, 6.45) is 0. The second-order valence-corrected chi connectivity index (χ2v) is 9.83. The molecule has 2 aliphatic rings. The van der Waals surface area contributed by atoms with E-state index < -0.39 is 36.6 Å². The van der Waals surface area contributed by atoms with Crippen molar-refractivity contribution in [2.24, 2.45) is 0 Å². The van der Waals surface area contributed by atoms with Gasteiger partial charge in [0, 0.05) is 4.78 Å². The molecule has 0 atom stereocenters. The normalized spacial score (nSPS) is 26.0. The SMILES string of the molecule is CC1(C)OB(c2cc(C#N)c(B3OC(C)(C)C(C)(C)O3)s2)OC1(C)C. The highest BCUT2D eigenvalue weighted by atomic mass is 32.1. The second-order valence-electron chi connectivity index (χ2n) is 8.71. The van der Waals surface area contributed by atoms with Crippen LogP contribution in [0.15, 0.2) is 6.07 Å². The summed E-state index contributed by atoms with van der Waals surface area (Å²) >= 11 is 1.46. The third kappa shape index (κ3) is 2.96. The number of rotatable bonds is 2. The van der Waals surface area contributed by atoms with Gasteiger partial charge in [-0.15, -0.1) is 0 Å². The monoisotopic (exact) mass is 361 g/mol. The van der Waals surface area contributed by atoms with Crippen LogP contribution in [0.2, 0.25) is 0 Å². The van der Waals surface area contributed by atoms with Crippen molar-refractivity contribution in [2.45, 2.75) is 77.8 Å². The maximum Gasteiger partial charge on any atom is 0.506 e. The van der Waals surface area contributed by atoms with E-state index in [9.17, 15) is 5.26 Å². The summed E-state index contributed by atoms with van der Waals surface area (Å²) in [6, 6.07) is 4.08. The lowest BCUT2D eigenvalue weighted by molar-refractivity contribution is 0.00578. The minimum absolute atomic E-state index is 0.418. The van der Waals surface area contributed by atoms with Crippen LogP contribution in [0, 0.1) is 11.3 Å². The van der Waals surface area contributed by atoms with E-state index in [-0.39, 0.29) is 0 Å². The standard InChI is InChI=1S/C17H25B2NO4S/c1-14(2)15(3,4)22-18(21-14)12-9-11(10-20)13(25-12)19-23-16(5,6)17(7,8)24-19/h9H,1-8H3. The van der Waals surface area contributed by atoms with Gasteiger partial charge in [-0.25, -0.2) is 0 Å². The van der Waals surface area contributed by atoms with Crippen molar-refractivity contribution in [3.05, 3.63) is 11.6 Å². The van der Waals surface area contributed by atoms with Crippen LogP contribution in [-0.4, -0.2) is 36.6 Å². The highest BCUT2D eigenvalue weighted by Gasteiger charge is 2.55. The average Bonchev–Trinajstić information content (AvgIpc) is 3.02. The van der Waals surface area contributed by atoms with E-state index in [1.165, 1.54) is 11.3 Å². The van der Waals surface area contributed by atoms with E-state index in [1.807, 2.05) is 61.5 Å². The van der Waals surface area contributed by atoms with Crippen molar-refractivity contribution in [1.82, 2.24) is 0 Å². The van der Waals surface area contributed by atoms with Gasteiger partial charge in [0.05, 0.1) is 38.8 Å².